The molecule has 86 valence electrons. The van der Waals surface area contributed by atoms with E-state index >= 15 is 0 Å². The molecule has 0 amide bonds. The molecule has 5 heteroatoms. The number of rotatable bonds is 3. The van der Waals surface area contributed by atoms with Gasteiger partial charge in [-0.1, -0.05) is 0 Å². The summed E-state index contributed by atoms with van der Waals surface area (Å²) < 4.78 is 31.0. The van der Waals surface area contributed by atoms with E-state index in [1.807, 2.05) is 6.92 Å². The molecule has 2 rings (SSSR count). The maximum atomic E-state index is 12.9. The molecule has 2 aromatic rings. The van der Waals surface area contributed by atoms with Crippen LogP contribution in [-0.2, 0) is 11.2 Å². The smallest absolute Gasteiger partial charge is 0.161 e. The van der Waals surface area contributed by atoms with Gasteiger partial charge in [-0.05, 0) is 6.92 Å². The fourth-order valence-corrected chi connectivity index (χ4v) is 1.51. The Hall–Kier alpha value is -1.49. The Kier molecular flexibility index (Phi) is 2.87. The molecule has 0 spiro atoms. The summed E-state index contributed by atoms with van der Waals surface area (Å²) in [5, 5.41) is 0. The number of aromatic amines is 1. The topological polar surface area (TPSA) is 37.9 Å². The fraction of sp³-hybridized carbons (Fsp3) is 0.364. The molecule has 0 saturated carbocycles. The van der Waals surface area contributed by atoms with Crippen molar-refractivity contribution in [3.8, 4) is 0 Å². The molecule has 1 aromatic carbocycles. The van der Waals surface area contributed by atoms with Gasteiger partial charge in [-0.15, -0.1) is 0 Å². The Morgan fingerprint density at radius 3 is 2.75 bits per heavy atom. The van der Waals surface area contributed by atoms with E-state index in [0.29, 0.717) is 23.3 Å². The van der Waals surface area contributed by atoms with Crippen molar-refractivity contribution in [3.63, 3.8) is 0 Å². The van der Waals surface area contributed by atoms with Crippen molar-refractivity contribution in [1.82, 2.24) is 9.97 Å². The molecule has 0 radical (unpaired) electrons. The number of hydrogen-bond acceptors (Lipinski definition) is 2. The Labute approximate surface area is 91.4 Å². The van der Waals surface area contributed by atoms with Crippen LogP contribution in [0.4, 0.5) is 8.78 Å². The van der Waals surface area contributed by atoms with E-state index in [-0.39, 0.29) is 6.10 Å². The van der Waals surface area contributed by atoms with Crippen LogP contribution in [0.5, 0.6) is 0 Å². The van der Waals surface area contributed by atoms with Crippen molar-refractivity contribution in [1.29, 1.82) is 0 Å². The number of nitrogens with zero attached hydrogens (tertiary/aromatic N) is 1. The molecule has 0 saturated heterocycles. The van der Waals surface area contributed by atoms with Crippen molar-refractivity contribution in [2.45, 2.75) is 19.4 Å². The van der Waals surface area contributed by atoms with E-state index in [4.69, 9.17) is 4.74 Å². The minimum absolute atomic E-state index is 0.00950. The van der Waals surface area contributed by atoms with Gasteiger partial charge < -0.3 is 9.72 Å². The fourth-order valence-electron chi connectivity index (χ4n) is 1.51. The van der Waals surface area contributed by atoms with Crippen LogP contribution in [0.25, 0.3) is 11.0 Å². The van der Waals surface area contributed by atoms with Gasteiger partial charge in [-0.3, -0.25) is 0 Å². The van der Waals surface area contributed by atoms with Crippen molar-refractivity contribution in [2.24, 2.45) is 0 Å². The quantitative estimate of drug-likeness (QED) is 0.872. The van der Waals surface area contributed by atoms with Crippen LogP contribution in [0.2, 0.25) is 0 Å². The first-order valence-electron chi connectivity index (χ1n) is 4.96. The first kappa shape index (κ1) is 11.0. The molecule has 16 heavy (non-hydrogen) atoms. The van der Waals surface area contributed by atoms with Gasteiger partial charge in [-0.2, -0.15) is 0 Å². The lowest BCUT2D eigenvalue weighted by atomic mass is 10.3. The monoisotopic (exact) mass is 226 g/mol. The van der Waals surface area contributed by atoms with Gasteiger partial charge in [0.1, 0.15) is 5.82 Å². The second kappa shape index (κ2) is 4.17. The average Bonchev–Trinajstić information content (AvgIpc) is 2.60. The molecule has 1 heterocycles. The van der Waals surface area contributed by atoms with E-state index in [9.17, 15) is 8.78 Å². The Morgan fingerprint density at radius 2 is 2.06 bits per heavy atom. The summed E-state index contributed by atoms with van der Waals surface area (Å²) in [6, 6.07) is 2.20. The highest BCUT2D eigenvalue weighted by Gasteiger charge is 2.10. The van der Waals surface area contributed by atoms with Gasteiger partial charge >= 0.3 is 0 Å². The lowest BCUT2D eigenvalue weighted by Gasteiger charge is -2.05. The zero-order chi connectivity index (χ0) is 11.7. The summed E-state index contributed by atoms with van der Waals surface area (Å²) in [7, 11) is 1.60. The molecule has 0 bridgehead atoms. The number of nitrogens with one attached hydrogen (secondary N) is 1. The standard InChI is InChI=1S/C11H12F2N2O/c1-6(16-2)3-11-14-9-4-7(12)8(13)5-10(9)15-11/h4-6H,3H2,1-2H3,(H,14,15)/t6-/m1/s1. The van der Waals surface area contributed by atoms with Gasteiger partial charge in [0.15, 0.2) is 11.6 Å². The summed E-state index contributed by atoms with van der Waals surface area (Å²) in [5.41, 5.74) is 0.925. The van der Waals surface area contributed by atoms with Crippen LogP contribution >= 0.6 is 0 Å². The SMILES string of the molecule is CO[C@H](C)Cc1nc2cc(F)c(F)cc2[nH]1. The summed E-state index contributed by atoms with van der Waals surface area (Å²) in [4.78, 5) is 7.09. The number of hydrogen-bond donors (Lipinski definition) is 1. The van der Waals surface area contributed by atoms with E-state index in [1.165, 1.54) is 0 Å². The maximum Gasteiger partial charge on any atom is 0.161 e. The van der Waals surface area contributed by atoms with Crippen LogP contribution < -0.4 is 0 Å². The summed E-state index contributed by atoms with van der Waals surface area (Å²) in [6.45, 7) is 1.90. The number of methoxy groups -OCH3 is 1. The third-order valence-corrected chi connectivity index (χ3v) is 2.46. The van der Waals surface area contributed by atoms with Crippen molar-refractivity contribution in [3.05, 3.63) is 29.6 Å². The average molecular weight is 226 g/mol. The molecule has 0 unspecified atom stereocenters. The normalized spacial score (nSPS) is 13.2. The molecule has 1 N–H and O–H groups in total. The minimum Gasteiger partial charge on any atom is -0.381 e. The van der Waals surface area contributed by atoms with Gasteiger partial charge in [0, 0.05) is 25.7 Å². The first-order valence-corrected chi connectivity index (χ1v) is 4.96. The minimum atomic E-state index is -0.884. The van der Waals surface area contributed by atoms with E-state index in [0.717, 1.165) is 12.1 Å². The third-order valence-electron chi connectivity index (χ3n) is 2.46. The molecule has 0 aliphatic carbocycles. The highest BCUT2D eigenvalue weighted by molar-refractivity contribution is 5.75. The zero-order valence-corrected chi connectivity index (χ0v) is 9.05. The van der Waals surface area contributed by atoms with Gasteiger partial charge in [-0.25, -0.2) is 13.8 Å². The molecule has 0 aliphatic rings. The maximum absolute atomic E-state index is 12.9. The summed E-state index contributed by atoms with van der Waals surface area (Å²) in [5.74, 6) is -1.10. The van der Waals surface area contributed by atoms with Crippen molar-refractivity contribution >= 4 is 11.0 Å². The zero-order valence-electron chi connectivity index (χ0n) is 9.05. The van der Waals surface area contributed by atoms with E-state index in [1.54, 1.807) is 7.11 Å². The van der Waals surface area contributed by atoms with E-state index < -0.39 is 11.6 Å². The number of imidazole rings is 1. The predicted molar refractivity (Wildman–Crippen MR) is 56.2 cm³/mol. The second-order valence-corrected chi connectivity index (χ2v) is 3.72. The van der Waals surface area contributed by atoms with Gasteiger partial charge in [0.25, 0.3) is 0 Å². The van der Waals surface area contributed by atoms with Crippen molar-refractivity contribution in [2.75, 3.05) is 7.11 Å². The number of halogens is 2. The van der Waals surface area contributed by atoms with Crippen LogP contribution in [0.15, 0.2) is 12.1 Å². The highest BCUT2D eigenvalue weighted by atomic mass is 19.2. The number of H-pyrrole nitrogens is 1. The Bertz CT molecular complexity index is 471. The second-order valence-electron chi connectivity index (χ2n) is 3.72. The first-order chi connectivity index (χ1) is 7.60. The summed E-state index contributed by atoms with van der Waals surface area (Å²) >= 11 is 0. The number of aromatic nitrogens is 2. The van der Waals surface area contributed by atoms with Gasteiger partial charge in [0.05, 0.1) is 17.1 Å². The van der Waals surface area contributed by atoms with E-state index in [2.05, 4.69) is 9.97 Å². The van der Waals surface area contributed by atoms with Crippen molar-refractivity contribution < 1.29 is 13.5 Å². The van der Waals surface area contributed by atoms with Crippen LogP contribution in [-0.4, -0.2) is 23.2 Å². The predicted octanol–water partition coefficient (Wildman–Crippen LogP) is 2.42. The number of ether oxygens (including phenoxy) is 1. The van der Waals surface area contributed by atoms with Crippen LogP contribution in [0, 0.1) is 11.6 Å². The molecule has 0 fully saturated rings. The molecular formula is C11H12F2N2O. The molecule has 0 aliphatic heterocycles. The van der Waals surface area contributed by atoms with Gasteiger partial charge in [0.2, 0.25) is 0 Å². The Balaban J connectivity index is 2.36. The molecule has 1 atom stereocenters. The Morgan fingerprint density at radius 1 is 1.38 bits per heavy atom. The molecule has 1 aromatic heterocycles. The molecular weight excluding hydrogens is 214 g/mol. The van der Waals surface area contributed by atoms with Crippen LogP contribution in [0.3, 0.4) is 0 Å². The lowest BCUT2D eigenvalue weighted by molar-refractivity contribution is 0.117. The highest BCUT2D eigenvalue weighted by Crippen LogP contribution is 2.17. The summed E-state index contributed by atoms with van der Waals surface area (Å²) in [6.07, 6.45) is 0.587. The number of fused-ring (bicyclic) bond motifs is 1. The largest absolute Gasteiger partial charge is 0.381 e. The third kappa shape index (κ3) is 2.04. The number of benzene rings is 1. The van der Waals surface area contributed by atoms with Crippen LogP contribution in [0.1, 0.15) is 12.7 Å². The lowest BCUT2D eigenvalue weighted by Crippen LogP contribution is -2.09. The molecule has 3 nitrogen and oxygen atoms in total.